The van der Waals surface area contributed by atoms with E-state index in [1.54, 1.807) is 0 Å². The van der Waals surface area contributed by atoms with Crippen molar-refractivity contribution in [3.8, 4) is 27.9 Å². The van der Waals surface area contributed by atoms with Gasteiger partial charge in [-0.15, -0.1) is 0 Å². The van der Waals surface area contributed by atoms with Gasteiger partial charge in [0.05, 0.1) is 11.0 Å². The maximum absolute atomic E-state index is 2.39. The maximum atomic E-state index is 2.39. The molecule has 0 N–H and O–H groups in total. The van der Waals surface area contributed by atoms with Crippen LogP contribution in [0, 0.1) is 13.8 Å². The van der Waals surface area contributed by atoms with Gasteiger partial charge >= 0.3 is 0 Å². The number of anilines is 3. The number of aromatic nitrogens is 1. The van der Waals surface area contributed by atoms with Gasteiger partial charge < -0.3 is 9.47 Å². The molecule has 2 nitrogen and oxygen atoms in total. The van der Waals surface area contributed by atoms with Gasteiger partial charge in [0.2, 0.25) is 0 Å². The molecular formula is C56H50N2. The van der Waals surface area contributed by atoms with Crippen LogP contribution in [-0.4, -0.2) is 4.57 Å². The predicted molar refractivity (Wildman–Crippen MR) is 248 cm³/mol. The van der Waals surface area contributed by atoms with E-state index in [1.807, 2.05) is 0 Å². The van der Waals surface area contributed by atoms with Gasteiger partial charge in [0, 0.05) is 33.5 Å². The number of rotatable bonds is 11. The van der Waals surface area contributed by atoms with Crippen LogP contribution in [-0.2, 0) is 0 Å². The van der Waals surface area contributed by atoms with Crippen molar-refractivity contribution in [2.75, 3.05) is 4.90 Å². The van der Waals surface area contributed by atoms with Gasteiger partial charge in [-0.25, -0.2) is 0 Å². The molecule has 0 aliphatic heterocycles. The summed E-state index contributed by atoms with van der Waals surface area (Å²) in [6.45, 7) is 8.98. The fourth-order valence-corrected chi connectivity index (χ4v) is 8.72. The van der Waals surface area contributed by atoms with Gasteiger partial charge in [-0.1, -0.05) is 158 Å². The highest BCUT2D eigenvalue weighted by atomic mass is 15.1. The van der Waals surface area contributed by atoms with E-state index in [9.17, 15) is 0 Å². The lowest BCUT2D eigenvalue weighted by Gasteiger charge is -2.26. The molecule has 1 heterocycles. The number of hydrogen-bond acceptors (Lipinski definition) is 1. The summed E-state index contributed by atoms with van der Waals surface area (Å²) in [6, 6.07) is 71.5. The van der Waals surface area contributed by atoms with Crippen LogP contribution in [0.5, 0.6) is 0 Å². The monoisotopic (exact) mass is 750 g/mol. The molecule has 9 aromatic rings. The third-order valence-corrected chi connectivity index (χ3v) is 12.1. The van der Waals surface area contributed by atoms with Crippen LogP contribution >= 0.6 is 0 Å². The molecule has 0 aliphatic carbocycles. The lowest BCUT2D eigenvalue weighted by Crippen LogP contribution is -2.09. The number of para-hydroxylation sites is 2. The number of benzene rings is 8. The van der Waals surface area contributed by atoms with Crippen molar-refractivity contribution < 1.29 is 0 Å². The molecule has 0 saturated heterocycles. The van der Waals surface area contributed by atoms with Gasteiger partial charge in [-0.05, 0) is 133 Å². The lowest BCUT2D eigenvalue weighted by atomic mass is 9.84. The van der Waals surface area contributed by atoms with Crippen LogP contribution in [0.25, 0.3) is 49.7 Å². The minimum atomic E-state index is 0.445. The summed E-state index contributed by atoms with van der Waals surface area (Å²) in [4.78, 5) is 2.33. The molecule has 284 valence electrons. The van der Waals surface area contributed by atoms with Crippen LogP contribution < -0.4 is 4.90 Å². The van der Waals surface area contributed by atoms with E-state index in [-0.39, 0.29) is 0 Å². The number of nitrogens with zero attached hydrogens (tertiary/aromatic N) is 2. The standard InChI is InChI=1S/C56H50N2/c1-5-42(44-25-27-45(28-26-44)46-29-35-51(36-30-46)57(49-31-17-39(2)18-32-49)50-33-19-40(3)20-34-50)37-41(4)43-21-23-47(24-22-43)48-11-10-12-52(38-48)58-55-15-8-6-13-53(55)54-14-7-9-16-56(54)58/h6-36,38,41-42H,5,37H2,1-4H3. The average molecular weight is 751 g/mol. The second kappa shape index (κ2) is 16.1. The van der Waals surface area contributed by atoms with Crippen molar-refractivity contribution in [3.05, 3.63) is 216 Å². The van der Waals surface area contributed by atoms with Crippen molar-refractivity contribution in [2.24, 2.45) is 0 Å². The molecule has 9 rings (SSSR count). The van der Waals surface area contributed by atoms with Gasteiger partial charge in [-0.2, -0.15) is 0 Å². The number of fused-ring (bicyclic) bond motifs is 3. The molecule has 2 atom stereocenters. The minimum absolute atomic E-state index is 0.445. The Labute approximate surface area is 343 Å². The average Bonchev–Trinajstić information content (AvgIpc) is 3.62. The smallest absolute Gasteiger partial charge is 0.0541 e. The Morgan fingerprint density at radius 2 is 0.897 bits per heavy atom. The van der Waals surface area contributed by atoms with Crippen LogP contribution in [0.1, 0.15) is 60.8 Å². The number of hydrogen-bond donors (Lipinski definition) is 0. The van der Waals surface area contributed by atoms with Crippen molar-refractivity contribution in [3.63, 3.8) is 0 Å². The van der Waals surface area contributed by atoms with E-state index in [4.69, 9.17) is 0 Å². The summed E-state index contributed by atoms with van der Waals surface area (Å²) in [5, 5.41) is 2.57. The summed E-state index contributed by atoms with van der Waals surface area (Å²) in [6.07, 6.45) is 2.22. The van der Waals surface area contributed by atoms with Gasteiger partial charge in [0.25, 0.3) is 0 Å². The Hall–Kier alpha value is -6.64. The molecule has 58 heavy (non-hydrogen) atoms. The van der Waals surface area contributed by atoms with Gasteiger partial charge in [0.1, 0.15) is 0 Å². The summed E-state index contributed by atoms with van der Waals surface area (Å²) >= 11 is 0. The van der Waals surface area contributed by atoms with E-state index < -0.39 is 0 Å². The van der Waals surface area contributed by atoms with Crippen molar-refractivity contribution >= 4 is 38.9 Å². The molecule has 0 spiro atoms. The Bertz CT molecular complexity index is 2690. The first kappa shape index (κ1) is 37.0. The van der Waals surface area contributed by atoms with Crippen LogP contribution in [0.4, 0.5) is 17.1 Å². The SMILES string of the molecule is CCC(CC(C)c1ccc(-c2cccc(-n3c4ccccc4c4ccccc43)c2)cc1)c1ccc(-c2ccc(N(c3ccc(C)cc3)c3ccc(C)cc3)cc2)cc1. The largest absolute Gasteiger partial charge is 0.311 e. The fraction of sp³-hybridized carbons (Fsp3) is 0.143. The third kappa shape index (κ3) is 7.35. The van der Waals surface area contributed by atoms with Crippen molar-refractivity contribution in [2.45, 2.75) is 52.4 Å². The van der Waals surface area contributed by atoms with E-state index in [2.05, 4.69) is 231 Å². The fourth-order valence-electron chi connectivity index (χ4n) is 8.72. The maximum Gasteiger partial charge on any atom is 0.0541 e. The minimum Gasteiger partial charge on any atom is -0.311 e. The lowest BCUT2D eigenvalue weighted by molar-refractivity contribution is 0.544. The Balaban J connectivity index is 0.893. The molecular weight excluding hydrogens is 701 g/mol. The second-order valence-corrected chi connectivity index (χ2v) is 16.0. The van der Waals surface area contributed by atoms with Crippen molar-refractivity contribution in [1.82, 2.24) is 4.57 Å². The Kier molecular flexibility index (Phi) is 10.2. The molecule has 2 heteroatoms. The molecule has 0 radical (unpaired) electrons. The predicted octanol–water partition coefficient (Wildman–Crippen LogP) is 15.9. The van der Waals surface area contributed by atoms with E-state index >= 15 is 0 Å². The second-order valence-electron chi connectivity index (χ2n) is 16.0. The van der Waals surface area contributed by atoms with Crippen molar-refractivity contribution in [1.29, 1.82) is 0 Å². The van der Waals surface area contributed by atoms with Crippen LogP contribution in [0.3, 0.4) is 0 Å². The molecule has 2 unspecified atom stereocenters. The summed E-state index contributed by atoms with van der Waals surface area (Å²) in [5.74, 6) is 0.937. The normalized spacial score (nSPS) is 12.5. The highest BCUT2D eigenvalue weighted by molar-refractivity contribution is 6.09. The summed E-state index contributed by atoms with van der Waals surface area (Å²) in [7, 11) is 0. The quantitative estimate of drug-likeness (QED) is 0.128. The summed E-state index contributed by atoms with van der Waals surface area (Å²) in [5.41, 5.74) is 17.4. The Morgan fingerprint density at radius 3 is 1.41 bits per heavy atom. The molecule has 8 aromatic carbocycles. The van der Waals surface area contributed by atoms with Crippen LogP contribution in [0.2, 0.25) is 0 Å². The zero-order chi connectivity index (χ0) is 39.6. The molecule has 0 aliphatic rings. The third-order valence-electron chi connectivity index (χ3n) is 12.1. The van der Waals surface area contributed by atoms with Gasteiger partial charge in [0.15, 0.2) is 0 Å². The molecule has 0 fully saturated rings. The highest BCUT2D eigenvalue weighted by Gasteiger charge is 2.18. The summed E-state index contributed by atoms with van der Waals surface area (Å²) < 4.78 is 2.39. The Morgan fingerprint density at radius 1 is 0.448 bits per heavy atom. The highest BCUT2D eigenvalue weighted by Crippen LogP contribution is 2.38. The van der Waals surface area contributed by atoms with E-state index in [0.29, 0.717) is 11.8 Å². The van der Waals surface area contributed by atoms with Gasteiger partial charge in [-0.3, -0.25) is 0 Å². The van der Waals surface area contributed by atoms with Crippen LogP contribution in [0.15, 0.2) is 194 Å². The first-order chi connectivity index (χ1) is 28.4. The first-order valence-corrected chi connectivity index (χ1v) is 20.8. The van der Waals surface area contributed by atoms with E-state index in [1.165, 1.54) is 72.0 Å². The first-order valence-electron chi connectivity index (χ1n) is 20.8. The van der Waals surface area contributed by atoms with E-state index in [0.717, 1.165) is 29.9 Å². The topological polar surface area (TPSA) is 8.17 Å². The molecule has 1 aromatic heterocycles. The molecule has 0 saturated carbocycles. The zero-order valence-electron chi connectivity index (χ0n) is 33.9. The molecule has 0 amide bonds. The molecule has 0 bridgehead atoms. The number of aryl methyl sites for hydroxylation is 2. The zero-order valence-corrected chi connectivity index (χ0v) is 33.9.